The maximum Gasteiger partial charge on any atom is 0.434 e. The van der Waals surface area contributed by atoms with Gasteiger partial charge in [-0.25, -0.2) is 4.79 Å². The molecule has 1 saturated heterocycles. The fraction of sp³-hybridized carbons (Fsp3) is 0.750. The van der Waals surface area contributed by atoms with Crippen LogP contribution in [-0.2, 0) is 23.7 Å². The lowest BCUT2D eigenvalue weighted by Gasteiger charge is -2.36. The molecule has 0 aliphatic carbocycles. The van der Waals surface area contributed by atoms with Gasteiger partial charge in [0.2, 0.25) is 5.78 Å². The zero-order valence-corrected chi connectivity index (χ0v) is 12.3. The lowest BCUT2D eigenvalue weighted by molar-refractivity contribution is -0.170. The molecule has 1 atom stereocenters. The number of ketones is 1. The highest BCUT2D eigenvalue weighted by molar-refractivity contribution is 6.01. The third-order valence-corrected chi connectivity index (χ3v) is 3.42. The molecule has 0 aromatic heterocycles. The fourth-order valence-electron chi connectivity index (χ4n) is 2.64. The Kier molecular flexibility index (Phi) is 2.97. The van der Waals surface area contributed by atoms with Crippen molar-refractivity contribution >= 4 is 18.0 Å². The van der Waals surface area contributed by atoms with E-state index in [4.69, 9.17) is 14.2 Å². The molecule has 0 unspecified atom stereocenters. The van der Waals surface area contributed by atoms with Gasteiger partial charge in [0, 0.05) is 0 Å². The van der Waals surface area contributed by atoms with Gasteiger partial charge in [-0.05, 0) is 27.7 Å². The summed E-state index contributed by atoms with van der Waals surface area (Å²) in [5.74, 6) is -0.434. The summed E-state index contributed by atoms with van der Waals surface area (Å²) in [4.78, 5) is 24.7. The lowest BCUT2D eigenvalue weighted by atomic mass is 9.88. The summed E-state index contributed by atoms with van der Waals surface area (Å²) in [6.07, 6.45) is -1.03. The molecule has 112 valence electrons. The number of ether oxygens (including phenoxy) is 4. The normalized spacial score (nSPS) is 30.2. The van der Waals surface area contributed by atoms with Crippen LogP contribution in [0.5, 0.6) is 0 Å². The van der Waals surface area contributed by atoms with Crippen molar-refractivity contribution in [1.82, 2.24) is 5.01 Å². The van der Waals surface area contributed by atoms with Crippen molar-refractivity contribution in [3.05, 3.63) is 0 Å². The standard InChI is InChI=1S/C12H18N2O6/c1-10(2)7(15)12(11(3,4)20-10)14(9(16)18-6)13-8(17-5)19-12/h1-6H3/t12-/m0/s1. The maximum absolute atomic E-state index is 12.7. The Morgan fingerprint density at radius 2 is 1.85 bits per heavy atom. The molecule has 0 aromatic carbocycles. The first kappa shape index (κ1) is 14.6. The van der Waals surface area contributed by atoms with Crippen LogP contribution in [-0.4, -0.2) is 54.1 Å². The highest BCUT2D eigenvalue weighted by atomic mass is 16.7. The first-order chi connectivity index (χ1) is 9.12. The monoisotopic (exact) mass is 286 g/mol. The van der Waals surface area contributed by atoms with Crippen molar-refractivity contribution in [3.63, 3.8) is 0 Å². The summed E-state index contributed by atoms with van der Waals surface area (Å²) >= 11 is 0. The van der Waals surface area contributed by atoms with Gasteiger partial charge in [-0.1, -0.05) is 5.10 Å². The molecule has 0 radical (unpaired) electrons. The summed E-state index contributed by atoms with van der Waals surface area (Å²) in [6, 6.07) is 0. The third kappa shape index (κ3) is 1.60. The van der Waals surface area contributed by atoms with Crippen LogP contribution in [0.2, 0.25) is 0 Å². The van der Waals surface area contributed by atoms with Gasteiger partial charge in [0.25, 0.3) is 0 Å². The molecule has 1 spiro atoms. The number of nitrogens with zero attached hydrogens (tertiary/aromatic N) is 2. The molecule has 8 heteroatoms. The minimum atomic E-state index is -1.74. The average molecular weight is 286 g/mol. The molecular weight excluding hydrogens is 268 g/mol. The molecule has 8 nitrogen and oxygen atoms in total. The van der Waals surface area contributed by atoms with E-state index in [9.17, 15) is 9.59 Å². The van der Waals surface area contributed by atoms with Crippen molar-refractivity contribution in [2.45, 2.75) is 44.6 Å². The van der Waals surface area contributed by atoms with Crippen molar-refractivity contribution in [2.75, 3.05) is 14.2 Å². The van der Waals surface area contributed by atoms with Gasteiger partial charge in [-0.2, -0.15) is 0 Å². The number of hydrogen-bond donors (Lipinski definition) is 0. The van der Waals surface area contributed by atoms with E-state index in [2.05, 4.69) is 9.84 Å². The summed E-state index contributed by atoms with van der Waals surface area (Å²) < 4.78 is 20.9. The number of carbonyl (C=O) groups is 2. The van der Waals surface area contributed by atoms with Crippen molar-refractivity contribution in [1.29, 1.82) is 0 Å². The van der Waals surface area contributed by atoms with Crippen LogP contribution in [0, 0.1) is 0 Å². The first-order valence-corrected chi connectivity index (χ1v) is 6.07. The number of amides is 1. The van der Waals surface area contributed by atoms with Gasteiger partial charge in [-0.3, -0.25) is 4.79 Å². The minimum Gasteiger partial charge on any atom is -0.453 e. The Labute approximate surface area is 116 Å². The van der Waals surface area contributed by atoms with Gasteiger partial charge >= 0.3 is 17.9 Å². The highest BCUT2D eigenvalue weighted by Crippen LogP contribution is 2.49. The van der Waals surface area contributed by atoms with Gasteiger partial charge in [0.15, 0.2) is 0 Å². The molecule has 1 fully saturated rings. The van der Waals surface area contributed by atoms with Crippen LogP contribution in [0.4, 0.5) is 4.79 Å². The van der Waals surface area contributed by atoms with Crippen molar-refractivity contribution in [3.8, 4) is 0 Å². The van der Waals surface area contributed by atoms with E-state index in [0.717, 1.165) is 5.01 Å². The van der Waals surface area contributed by atoms with Gasteiger partial charge in [-0.15, -0.1) is 5.01 Å². The van der Waals surface area contributed by atoms with E-state index >= 15 is 0 Å². The highest BCUT2D eigenvalue weighted by Gasteiger charge is 2.74. The lowest BCUT2D eigenvalue weighted by Crippen LogP contribution is -2.63. The second kappa shape index (κ2) is 4.08. The second-order valence-electron chi connectivity index (χ2n) is 5.55. The van der Waals surface area contributed by atoms with Gasteiger partial charge in [0.05, 0.1) is 14.2 Å². The Morgan fingerprint density at radius 3 is 2.25 bits per heavy atom. The van der Waals surface area contributed by atoms with Crippen LogP contribution in [0.3, 0.4) is 0 Å². The zero-order chi connectivity index (χ0) is 15.3. The number of carbonyl (C=O) groups excluding carboxylic acids is 2. The molecule has 0 N–H and O–H groups in total. The topological polar surface area (TPSA) is 86.7 Å². The molecule has 2 rings (SSSR count). The van der Waals surface area contributed by atoms with Crippen LogP contribution >= 0.6 is 0 Å². The summed E-state index contributed by atoms with van der Waals surface area (Å²) in [6.45, 7) is 6.50. The zero-order valence-electron chi connectivity index (χ0n) is 12.3. The Morgan fingerprint density at radius 1 is 1.25 bits per heavy atom. The Bertz CT molecular complexity index is 498. The van der Waals surface area contributed by atoms with Crippen LogP contribution < -0.4 is 0 Å². The molecule has 2 aliphatic heterocycles. The van der Waals surface area contributed by atoms with Gasteiger partial charge in [0.1, 0.15) is 11.2 Å². The molecular formula is C12H18N2O6. The average Bonchev–Trinajstić information content (AvgIpc) is 2.81. The third-order valence-electron chi connectivity index (χ3n) is 3.42. The second-order valence-corrected chi connectivity index (χ2v) is 5.55. The Hall–Kier alpha value is -1.83. The number of Topliss-reactive ketones (excluding diaryl/α,β-unsaturated/α-hetero) is 1. The molecule has 2 heterocycles. The van der Waals surface area contributed by atoms with E-state index in [1.807, 2.05) is 0 Å². The number of hydrogen-bond acceptors (Lipinski definition) is 7. The van der Waals surface area contributed by atoms with E-state index in [0.29, 0.717) is 0 Å². The minimum absolute atomic E-state index is 0.196. The SMILES string of the molecule is COC(=O)N1N=C(OC)O[C@]12C(=O)C(C)(C)OC2(C)C. The Balaban J connectivity index is 2.57. The summed E-state index contributed by atoms with van der Waals surface area (Å²) in [5.41, 5.74) is -4.00. The molecule has 0 saturated carbocycles. The first-order valence-electron chi connectivity index (χ1n) is 6.07. The quantitative estimate of drug-likeness (QED) is 0.656. The molecule has 0 bridgehead atoms. The van der Waals surface area contributed by atoms with Crippen LogP contribution in [0.25, 0.3) is 0 Å². The number of rotatable bonds is 0. The molecule has 0 aromatic rings. The van der Waals surface area contributed by atoms with E-state index in [1.165, 1.54) is 14.2 Å². The fourth-order valence-corrected chi connectivity index (χ4v) is 2.64. The number of hydrazone groups is 1. The molecule has 2 aliphatic rings. The van der Waals surface area contributed by atoms with E-state index < -0.39 is 28.8 Å². The van der Waals surface area contributed by atoms with Crippen LogP contribution in [0.15, 0.2) is 5.10 Å². The molecule has 20 heavy (non-hydrogen) atoms. The largest absolute Gasteiger partial charge is 0.453 e. The number of methoxy groups -OCH3 is 2. The van der Waals surface area contributed by atoms with Gasteiger partial charge < -0.3 is 18.9 Å². The predicted octanol–water partition coefficient (Wildman–Crippen LogP) is 0.855. The van der Waals surface area contributed by atoms with E-state index in [1.54, 1.807) is 27.7 Å². The summed E-state index contributed by atoms with van der Waals surface area (Å²) in [5, 5.41) is 4.69. The van der Waals surface area contributed by atoms with Crippen LogP contribution in [0.1, 0.15) is 27.7 Å². The van der Waals surface area contributed by atoms with Crippen molar-refractivity contribution < 1.29 is 28.5 Å². The maximum atomic E-state index is 12.7. The smallest absolute Gasteiger partial charge is 0.434 e. The van der Waals surface area contributed by atoms with Crippen molar-refractivity contribution in [2.24, 2.45) is 5.10 Å². The summed E-state index contributed by atoms with van der Waals surface area (Å²) in [7, 11) is 2.51. The van der Waals surface area contributed by atoms with E-state index in [-0.39, 0.29) is 6.08 Å². The predicted molar refractivity (Wildman–Crippen MR) is 66.8 cm³/mol. The molecule has 1 amide bonds.